The highest BCUT2D eigenvalue weighted by atomic mass is 16.4. The standard InChI is InChI=1S/C15H26N2O4/c18-11-8-6-10(7-9-11)16-15(21)17-13-5-3-1-2-4-12(13)14(19)20/h10-13,18H,1-9H2,(H,19,20)(H2,16,17,21). The molecule has 2 rings (SSSR count). The molecule has 0 radical (unpaired) electrons. The van der Waals surface area contributed by atoms with E-state index in [1.54, 1.807) is 0 Å². The van der Waals surface area contributed by atoms with Gasteiger partial charge in [-0.1, -0.05) is 19.3 Å². The molecule has 0 heterocycles. The van der Waals surface area contributed by atoms with Gasteiger partial charge in [0.15, 0.2) is 0 Å². The number of amides is 2. The number of hydrogen-bond acceptors (Lipinski definition) is 3. The smallest absolute Gasteiger partial charge is 0.315 e. The number of carboxylic acid groups (broad SMARTS) is 1. The van der Waals surface area contributed by atoms with Crippen molar-refractivity contribution in [1.29, 1.82) is 0 Å². The molecule has 2 saturated carbocycles. The van der Waals surface area contributed by atoms with Gasteiger partial charge < -0.3 is 20.8 Å². The molecule has 0 aliphatic heterocycles. The minimum Gasteiger partial charge on any atom is -0.481 e. The van der Waals surface area contributed by atoms with E-state index in [0.29, 0.717) is 19.3 Å². The van der Waals surface area contributed by atoms with Crippen LogP contribution in [0.25, 0.3) is 0 Å². The van der Waals surface area contributed by atoms with Crippen molar-refractivity contribution >= 4 is 12.0 Å². The summed E-state index contributed by atoms with van der Waals surface area (Å²) in [5.74, 6) is -1.30. The van der Waals surface area contributed by atoms with Crippen LogP contribution in [0, 0.1) is 5.92 Å². The largest absolute Gasteiger partial charge is 0.481 e. The zero-order valence-corrected chi connectivity index (χ0v) is 12.4. The van der Waals surface area contributed by atoms with Gasteiger partial charge in [-0.05, 0) is 38.5 Å². The molecule has 2 aliphatic carbocycles. The Kier molecular flexibility index (Phi) is 5.85. The lowest BCUT2D eigenvalue weighted by Crippen LogP contribution is -2.50. The van der Waals surface area contributed by atoms with E-state index < -0.39 is 11.9 Å². The fourth-order valence-electron chi connectivity index (χ4n) is 3.39. The predicted molar refractivity (Wildman–Crippen MR) is 77.9 cm³/mol. The van der Waals surface area contributed by atoms with Crippen LogP contribution in [0.3, 0.4) is 0 Å². The molecule has 2 amide bonds. The van der Waals surface area contributed by atoms with Crippen molar-refractivity contribution in [2.75, 3.05) is 0 Å². The second-order valence-corrected chi connectivity index (χ2v) is 6.31. The molecule has 2 unspecified atom stereocenters. The van der Waals surface area contributed by atoms with E-state index in [0.717, 1.165) is 38.5 Å². The van der Waals surface area contributed by atoms with Crippen molar-refractivity contribution in [3.05, 3.63) is 0 Å². The molecule has 2 atom stereocenters. The van der Waals surface area contributed by atoms with Gasteiger partial charge in [-0.2, -0.15) is 0 Å². The first-order chi connectivity index (χ1) is 10.1. The van der Waals surface area contributed by atoms with Crippen LogP contribution in [0.1, 0.15) is 57.8 Å². The fourth-order valence-corrected chi connectivity index (χ4v) is 3.39. The zero-order chi connectivity index (χ0) is 15.2. The van der Waals surface area contributed by atoms with Gasteiger partial charge >= 0.3 is 12.0 Å². The predicted octanol–water partition coefficient (Wildman–Crippen LogP) is 1.62. The summed E-state index contributed by atoms with van der Waals surface area (Å²) in [4.78, 5) is 23.4. The first-order valence-corrected chi connectivity index (χ1v) is 8.04. The minimum absolute atomic E-state index is 0.0856. The van der Waals surface area contributed by atoms with Gasteiger partial charge in [0.2, 0.25) is 0 Å². The maximum absolute atomic E-state index is 12.1. The fraction of sp³-hybridized carbons (Fsp3) is 0.867. The van der Waals surface area contributed by atoms with Gasteiger partial charge in [0.1, 0.15) is 0 Å². The van der Waals surface area contributed by atoms with Gasteiger partial charge in [0.25, 0.3) is 0 Å². The van der Waals surface area contributed by atoms with Crippen LogP contribution in [-0.2, 0) is 4.79 Å². The van der Waals surface area contributed by atoms with Crippen molar-refractivity contribution in [3.63, 3.8) is 0 Å². The Morgan fingerprint density at radius 3 is 2.19 bits per heavy atom. The Bertz CT molecular complexity index is 367. The SMILES string of the molecule is O=C(NC1CCC(O)CC1)NC1CCCCCC1C(=O)O. The molecule has 0 aromatic heterocycles. The first-order valence-electron chi connectivity index (χ1n) is 8.04. The molecule has 0 saturated heterocycles. The quantitative estimate of drug-likeness (QED) is 0.595. The molecular weight excluding hydrogens is 272 g/mol. The summed E-state index contributed by atoms with van der Waals surface area (Å²) in [5.41, 5.74) is 0. The number of carbonyl (C=O) groups excluding carboxylic acids is 1. The van der Waals surface area contributed by atoms with Crippen LogP contribution in [0.2, 0.25) is 0 Å². The van der Waals surface area contributed by atoms with Crippen LogP contribution in [0.5, 0.6) is 0 Å². The summed E-state index contributed by atoms with van der Waals surface area (Å²) in [6.07, 6.45) is 7.01. The number of hydrogen-bond donors (Lipinski definition) is 4. The van der Waals surface area contributed by atoms with E-state index in [1.807, 2.05) is 0 Å². The van der Waals surface area contributed by atoms with E-state index >= 15 is 0 Å². The Morgan fingerprint density at radius 1 is 0.857 bits per heavy atom. The Morgan fingerprint density at radius 2 is 1.52 bits per heavy atom. The third-order valence-corrected chi connectivity index (χ3v) is 4.68. The van der Waals surface area contributed by atoms with Crippen molar-refractivity contribution in [2.24, 2.45) is 5.92 Å². The second-order valence-electron chi connectivity index (χ2n) is 6.31. The van der Waals surface area contributed by atoms with Gasteiger partial charge in [0, 0.05) is 12.1 Å². The molecule has 21 heavy (non-hydrogen) atoms. The summed E-state index contributed by atoms with van der Waals surface area (Å²) in [7, 11) is 0. The Hall–Kier alpha value is -1.30. The van der Waals surface area contributed by atoms with Gasteiger partial charge in [-0.25, -0.2) is 4.79 Å². The molecular formula is C15H26N2O4. The average molecular weight is 298 g/mol. The Balaban J connectivity index is 1.83. The monoisotopic (exact) mass is 298 g/mol. The minimum atomic E-state index is -0.817. The number of carbonyl (C=O) groups is 2. The topological polar surface area (TPSA) is 98.7 Å². The third-order valence-electron chi connectivity index (χ3n) is 4.68. The molecule has 6 nitrogen and oxygen atoms in total. The van der Waals surface area contributed by atoms with Crippen LogP contribution < -0.4 is 10.6 Å². The molecule has 0 aromatic rings. The van der Waals surface area contributed by atoms with Crippen molar-refractivity contribution in [3.8, 4) is 0 Å². The van der Waals surface area contributed by atoms with E-state index in [-0.39, 0.29) is 24.2 Å². The number of urea groups is 1. The molecule has 2 aliphatic rings. The highest BCUT2D eigenvalue weighted by molar-refractivity contribution is 5.77. The highest BCUT2D eigenvalue weighted by Crippen LogP contribution is 2.24. The number of aliphatic carboxylic acids is 1. The molecule has 2 fully saturated rings. The number of nitrogens with one attached hydrogen (secondary N) is 2. The molecule has 0 spiro atoms. The number of carboxylic acids is 1. The zero-order valence-electron chi connectivity index (χ0n) is 12.4. The third kappa shape index (κ3) is 4.88. The van der Waals surface area contributed by atoms with E-state index in [1.165, 1.54) is 0 Å². The normalized spacial score (nSPS) is 33.8. The van der Waals surface area contributed by atoms with Crippen LogP contribution in [0.15, 0.2) is 0 Å². The van der Waals surface area contributed by atoms with E-state index in [2.05, 4.69) is 10.6 Å². The summed E-state index contributed by atoms with van der Waals surface area (Å²) >= 11 is 0. The molecule has 4 N–H and O–H groups in total. The maximum atomic E-state index is 12.1. The maximum Gasteiger partial charge on any atom is 0.315 e. The van der Waals surface area contributed by atoms with Crippen molar-refractivity contribution < 1.29 is 19.8 Å². The summed E-state index contributed by atoms with van der Waals surface area (Å²) < 4.78 is 0. The number of aliphatic hydroxyl groups excluding tert-OH is 1. The van der Waals surface area contributed by atoms with Gasteiger partial charge in [-0.3, -0.25) is 4.79 Å². The lowest BCUT2D eigenvalue weighted by atomic mass is 9.93. The highest BCUT2D eigenvalue weighted by Gasteiger charge is 2.31. The van der Waals surface area contributed by atoms with Crippen LogP contribution in [-0.4, -0.2) is 40.4 Å². The van der Waals surface area contributed by atoms with Crippen molar-refractivity contribution in [1.82, 2.24) is 10.6 Å². The molecule has 120 valence electrons. The van der Waals surface area contributed by atoms with Crippen LogP contribution in [0.4, 0.5) is 4.79 Å². The van der Waals surface area contributed by atoms with Crippen LogP contribution >= 0.6 is 0 Å². The van der Waals surface area contributed by atoms with E-state index in [9.17, 15) is 19.8 Å². The van der Waals surface area contributed by atoms with Gasteiger partial charge in [-0.15, -0.1) is 0 Å². The first kappa shape index (κ1) is 16.1. The summed E-state index contributed by atoms with van der Waals surface area (Å²) in [6.45, 7) is 0. The summed E-state index contributed by atoms with van der Waals surface area (Å²) in [6, 6.07) is -0.462. The lowest BCUT2D eigenvalue weighted by Gasteiger charge is -2.28. The molecule has 0 aromatic carbocycles. The lowest BCUT2D eigenvalue weighted by molar-refractivity contribution is -0.142. The number of aliphatic hydroxyl groups is 1. The summed E-state index contributed by atoms with van der Waals surface area (Å²) in [5, 5.41) is 24.5. The molecule has 0 bridgehead atoms. The number of rotatable bonds is 3. The van der Waals surface area contributed by atoms with Crippen molar-refractivity contribution in [2.45, 2.75) is 76.0 Å². The molecule has 6 heteroatoms. The Labute approximate surface area is 125 Å². The average Bonchev–Trinajstić information content (AvgIpc) is 2.67. The van der Waals surface area contributed by atoms with Gasteiger partial charge in [0.05, 0.1) is 12.0 Å². The van der Waals surface area contributed by atoms with E-state index in [4.69, 9.17) is 0 Å². The second kappa shape index (κ2) is 7.64.